The number of hydrogen-bond donors (Lipinski definition) is 3. The molecule has 104 valence electrons. The number of carbonyl (C=O) groups is 2. The number of carboxylic acids is 1. The molecule has 1 aliphatic rings. The van der Waals surface area contributed by atoms with Gasteiger partial charge in [-0.15, -0.1) is 0 Å². The first kappa shape index (κ1) is 15.3. The van der Waals surface area contributed by atoms with Crippen LogP contribution in [0.4, 0.5) is 0 Å². The van der Waals surface area contributed by atoms with Crippen LogP contribution >= 0.6 is 11.8 Å². The SMILES string of the molecule is CSCC[C@@H](NC(=O)C1(C)CCNCC1)C(=O)O. The number of hydrogen-bond acceptors (Lipinski definition) is 4. The zero-order valence-electron chi connectivity index (χ0n) is 11.0. The van der Waals surface area contributed by atoms with Crippen molar-refractivity contribution in [1.29, 1.82) is 0 Å². The van der Waals surface area contributed by atoms with E-state index < -0.39 is 17.4 Å². The molecule has 3 N–H and O–H groups in total. The van der Waals surface area contributed by atoms with Crippen LogP contribution in [0.5, 0.6) is 0 Å². The molecule has 0 radical (unpaired) electrons. The molecular weight excluding hydrogens is 252 g/mol. The quantitative estimate of drug-likeness (QED) is 0.664. The highest BCUT2D eigenvalue weighted by atomic mass is 32.2. The summed E-state index contributed by atoms with van der Waals surface area (Å²) in [6.07, 6.45) is 3.91. The first-order chi connectivity index (χ1) is 8.49. The van der Waals surface area contributed by atoms with Crippen LogP contribution in [0.3, 0.4) is 0 Å². The van der Waals surface area contributed by atoms with Crippen LogP contribution in [-0.4, -0.2) is 48.1 Å². The highest BCUT2D eigenvalue weighted by Crippen LogP contribution is 2.28. The second-order valence-corrected chi connectivity index (χ2v) is 5.94. The minimum Gasteiger partial charge on any atom is -0.480 e. The maximum absolute atomic E-state index is 12.2. The molecule has 0 saturated carbocycles. The van der Waals surface area contributed by atoms with Gasteiger partial charge in [0.1, 0.15) is 6.04 Å². The highest BCUT2D eigenvalue weighted by Gasteiger charge is 2.36. The van der Waals surface area contributed by atoms with Crippen molar-refractivity contribution < 1.29 is 14.7 Å². The van der Waals surface area contributed by atoms with Crippen molar-refractivity contribution in [3.05, 3.63) is 0 Å². The number of amides is 1. The molecule has 1 rings (SSSR count). The third kappa shape index (κ3) is 4.17. The molecule has 1 aliphatic heterocycles. The summed E-state index contributed by atoms with van der Waals surface area (Å²) in [5, 5.41) is 15.0. The molecule has 0 aromatic heterocycles. The van der Waals surface area contributed by atoms with E-state index in [-0.39, 0.29) is 5.91 Å². The molecule has 5 nitrogen and oxygen atoms in total. The molecule has 1 saturated heterocycles. The predicted molar refractivity (Wildman–Crippen MR) is 72.8 cm³/mol. The lowest BCUT2D eigenvalue weighted by Crippen LogP contribution is -2.51. The average Bonchev–Trinajstić information content (AvgIpc) is 2.34. The van der Waals surface area contributed by atoms with Gasteiger partial charge in [-0.1, -0.05) is 6.92 Å². The van der Waals surface area contributed by atoms with Crippen LogP contribution in [0.15, 0.2) is 0 Å². The average molecular weight is 274 g/mol. The monoisotopic (exact) mass is 274 g/mol. The molecule has 18 heavy (non-hydrogen) atoms. The van der Waals surface area contributed by atoms with Gasteiger partial charge < -0.3 is 15.7 Å². The first-order valence-corrected chi connectivity index (χ1v) is 7.62. The summed E-state index contributed by atoms with van der Waals surface area (Å²) in [6.45, 7) is 3.54. The summed E-state index contributed by atoms with van der Waals surface area (Å²) < 4.78 is 0. The molecule has 0 spiro atoms. The largest absolute Gasteiger partial charge is 0.480 e. The Labute approximate surface area is 112 Å². The van der Waals surface area contributed by atoms with Gasteiger partial charge in [0.2, 0.25) is 5.91 Å². The van der Waals surface area contributed by atoms with Crippen LogP contribution < -0.4 is 10.6 Å². The summed E-state index contributed by atoms with van der Waals surface area (Å²) in [5.74, 6) is -0.345. The summed E-state index contributed by atoms with van der Waals surface area (Å²) in [6, 6.07) is -0.767. The van der Waals surface area contributed by atoms with Crippen LogP contribution in [-0.2, 0) is 9.59 Å². The number of aliphatic carboxylic acids is 1. The Hall–Kier alpha value is -0.750. The third-order valence-corrected chi connectivity index (χ3v) is 4.11. The molecular formula is C12H22N2O3S. The zero-order chi connectivity index (χ0) is 13.6. The molecule has 6 heteroatoms. The van der Waals surface area contributed by atoms with Crippen molar-refractivity contribution in [1.82, 2.24) is 10.6 Å². The van der Waals surface area contributed by atoms with Gasteiger partial charge in [0.25, 0.3) is 0 Å². The molecule has 0 aromatic carbocycles. The Morgan fingerprint density at radius 1 is 1.44 bits per heavy atom. The Balaban J connectivity index is 2.56. The van der Waals surface area contributed by atoms with Crippen molar-refractivity contribution in [2.45, 2.75) is 32.2 Å². The van der Waals surface area contributed by atoms with E-state index in [4.69, 9.17) is 5.11 Å². The van der Waals surface area contributed by atoms with E-state index in [1.165, 1.54) is 0 Å². The molecule has 1 amide bonds. The Bertz CT molecular complexity index is 304. The normalized spacial score (nSPS) is 20.1. The van der Waals surface area contributed by atoms with E-state index in [1.54, 1.807) is 11.8 Å². The topological polar surface area (TPSA) is 78.4 Å². The van der Waals surface area contributed by atoms with Gasteiger partial charge >= 0.3 is 5.97 Å². The zero-order valence-corrected chi connectivity index (χ0v) is 11.8. The van der Waals surface area contributed by atoms with Crippen molar-refractivity contribution >= 4 is 23.6 Å². The summed E-state index contributed by atoms with van der Waals surface area (Å²) >= 11 is 1.58. The molecule has 1 fully saturated rings. The molecule has 1 heterocycles. The van der Waals surface area contributed by atoms with E-state index in [1.807, 2.05) is 13.2 Å². The minimum absolute atomic E-state index is 0.127. The second kappa shape index (κ2) is 6.99. The fourth-order valence-electron chi connectivity index (χ4n) is 2.03. The van der Waals surface area contributed by atoms with E-state index >= 15 is 0 Å². The van der Waals surface area contributed by atoms with Crippen LogP contribution in [0.1, 0.15) is 26.2 Å². The summed E-state index contributed by atoms with van der Waals surface area (Å²) in [7, 11) is 0. The molecule has 0 aromatic rings. The Morgan fingerprint density at radius 3 is 2.56 bits per heavy atom. The molecule has 0 bridgehead atoms. The molecule has 1 atom stereocenters. The van der Waals surface area contributed by atoms with Crippen molar-refractivity contribution in [3.8, 4) is 0 Å². The number of carbonyl (C=O) groups excluding carboxylic acids is 1. The van der Waals surface area contributed by atoms with Crippen molar-refractivity contribution in [2.24, 2.45) is 5.41 Å². The van der Waals surface area contributed by atoms with Crippen LogP contribution in [0.2, 0.25) is 0 Å². The first-order valence-electron chi connectivity index (χ1n) is 6.23. The maximum Gasteiger partial charge on any atom is 0.326 e. The predicted octanol–water partition coefficient (Wildman–Crippen LogP) is 0.699. The molecule has 0 unspecified atom stereocenters. The number of piperidine rings is 1. The smallest absolute Gasteiger partial charge is 0.326 e. The number of thioether (sulfide) groups is 1. The van der Waals surface area contributed by atoms with E-state index in [2.05, 4.69) is 10.6 Å². The van der Waals surface area contributed by atoms with Gasteiger partial charge in [-0.2, -0.15) is 11.8 Å². The van der Waals surface area contributed by atoms with Crippen molar-refractivity contribution in [3.63, 3.8) is 0 Å². The van der Waals surface area contributed by atoms with E-state index in [0.717, 1.165) is 31.7 Å². The fraction of sp³-hybridized carbons (Fsp3) is 0.833. The maximum atomic E-state index is 12.2. The minimum atomic E-state index is -0.949. The Kier molecular flexibility index (Phi) is 5.95. The lowest BCUT2D eigenvalue weighted by molar-refractivity contribution is -0.144. The lowest BCUT2D eigenvalue weighted by Gasteiger charge is -2.33. The van der Waals surface area contributed by atoms with E-state index in [0.29, 0.717) is 6.42 Å². The lowest BCUT2D eigenvalue weighted by atomic mass is 9.80. The number of carboxylic acid groups (broad SMARTS) is 1. The van der Waals surface area contributed by atoms with Gasteiger partial charge in [0, 0.05) is 5.41 Å². The van der Waals surface area contributed by atoms with Gasteiger partial charge in [-0.3, -0.25) is 4.79 Å². The van der Waals surface area contributed by atoms with Gasteiger partial charge in [-0.25, -0.2) is 4.79 Å². The van der Waals surface area contributed by atoms with E-state index in [9.17, 15) is 9.59 Å². The third-order valence-electron chi connectivity index (χ3n) is 3.47. The van der Waals surface area contributed by atoms with Crippen LogP contribution in [0.25, 0.3) is 0 Å². The fourth-order valence-corrected chi connectivity index (χ4v) is 2.50. The van der Waals surface area contributed by atoms with Crippen LogP contribution in [0, 0.1) is 5.41 Å². The van der Waals surface area contributed by atoms with Gasteiger partial charge in [0.05, 0.1) is 0 Å². The molecule has 0 aliphatic carbocycles. The summed E-state index contributed by atoms with van der Waals surface area (Å²) in [4.78, 5) is 23.3. The highest BCUT2D eigenvalue weighted by molar-refractivity contribution is 7.98. The van der Waals surface area contributed by atoms with Gasteiger partial charge in [-0.05, 0) is 44.4 Å². The van der Waals surface area contributed by atoms with Gasteiger partial charge in [0.15, 0.2) is 0 Å². The number of nitrogens with one attached hydrogen (secondary N) is 2. The summed E-state index contributed by atoms with van der Waals surface area (Å²) in [5.41, 5.74) is -0.432. The second-order valence-electron chi connectivity index (χ2n) is 4.96. The Morgan fingerprint density at radius 2 is 2.06 bits per heavy atom. The van der Waals surface area contributed by atoms with Crippen molar-refractivity contribution in [2.75, 3.05) is 25.1 Å². The number of rotatable bonds is 6. The standard InChI is InChI=1S/C12H22N2O3S/c1-12(4-6-13-7-5-12)11(17)14-9(10(15)16)3-8-18-2/h9,13H,3-8H2,1-2H3,(H,14,17)(H,15,16)/t9-/m1/s1.